The molecular formula is C11H17NO4. The Morgan fingerprint density at radius 3 is 2.62 bits per heavy atom. The molecule has 5 nitrogen and oxygen atoms in total. The lowest BCUT2D eigenvalue weighted by Crippen LogP contribution is -2.30. The summed E-state index contributed by atoms with van der Waals surface area (Å²) in [5.74, 6) is -2.20. The van der Waals surface area contributed by atoms with Crippen LogP contribution in [0.1, 0.15) is 32.6 Å². The molecule has 1 amide bonds. The molecule has 0 aromatic rings. The van der Waals surface area contributed by atoms with Crippen LogP contribution in [0.5, 0.6) is 0 Å². The molecule has 0 aromatic carbocycles. The molecular weight excluding hydrogens is 210 g/mol. The molecule has 1 fully saturated rings. The number of carboxylic acids is 1. The average Bonchev–Trinajstić information content (AvgIpc) is 2.61. The smallest absolute Gasteiger partial charge is 0.314 e. The molecule has 1 aliphatic rings. The van der Waals surface area contributed by atoms with E-state index in [-0.39, 0.29) is 18.1 Å². The van der Waals surface area contributed by atoms with Crippen molar-refractivity contribution in [1.82, 2.24) is 4.90 Å². The maximum absolute atomic E-state index is 11.6. The zero-order valence-corrected chi connectivity index (χ0v) is 9.44. The quantitative estimate of drug-likeness (QED) is 0.677. The fourth-order valence-electron chi connectivity index (χ4n) is 1.90. The second-order valence-corrected chi connectivity index (χ2v) is 4.00. The van der Waals surface area contributed by atoms with Gasteiger partial charge in [0.1, 0.15) is 11.7 Å². The summed E-state index contributed by atoms with van der Waals surface area (Å²) in [7, 11) is 0. The molecule has 1 N–H and O–H groups in total. The zero-order chi connectivity index (χ0) is 12.1. The van der Waals surface area contributed by atoms with Gasteiger partial charge in [0.2, 0.25) is 5.91 Å². The lowest BCUT2D eigenvalue weighted by molar-refractivity contribution is -0.146. The molecule has 16 heavy (non-hydrogen) atoms. The maximum Gasteiger partial charge on any atom is 0.314 e. The van der Waals surface area contributed by atoms with Crippen LogP contribution in [0.2, 0.25) is 0 Å². The Morgan fingerprint density at radius 2 is 2.19 bits per heavy atom. The number of carbonyl (C=O) groups is 3. The number of nitrogens with zero attached hydrogens (tertiary/aromatic N) is 1. The van der Waals surface area contributed by atoms with Crippen molar-refractivity contribution in [3.8, 4) is 0 Å². The van der Waals surface area contributed by atoms with Crippen LogP contribution in [0.3, 0.4) is 0 Å². The molecule has 5 heteroatoms. The van der Waals surface area contributed by atoms with Crippen molar-refractivity contribution in [1.29, 1.82) is 0 Å². The minimum atomic E-state index is -1.07. The summed E-state index contributed by atoms with van der Waals surface area (Å²) in [5, 5.41) is 8.79. The van der Waals surface area contributed by atoms with Gasteiger partial charge in [0.05, 0.1) is 0 Å². The number of ketones is 1. The Kier molecular flexibility index (Phi) is 4.46. The molecule has 1 atom stereocenters. The van der Waals surface area contributed by atoms with E-state index in [1.807, 2.05) is 0 Å². The highest BCUT2D eigenvalue weighted by molar-refractivity contribution is 5.98. The Hall–Kier alpha value is -1.39. The Morgan fingerprint density at radius 1 is 1.50 bits per heavy atom. The highest BCUT2D eigenvalue weighted by Gasteiger charge is 2.26. The van der Waals surface area contributed by atoms with E-state index in [1.165, 1.54) is 0 Å². The highest BCUT2D eigenvalue weighted by atomic mass is 16.4. The molecule has 1 heterocycles. The van der Waals surface area contributed by atoms with E-state index in [0.29, 0.717) is 25.9 Å². The fraction of sp³-hybridized carbons (Fsp3) is 0.727. The van der Waals surface area contributed by atoms with Crippen LogP contribution in [0.15, 0.2) is 0 Å². The zero-order valence-electron chi connectivity index (χ0n) is 9.44. The van der Waals surface area contributed by atoms with Crippen LogP contribution in [-0.4, -0.2) is 40.8 Å². The lowest BCUT2D eigenvalue weighted by atomic mass is 9.99. The number of amides is 1. The SMILES string of the molecule is CCC(C(=O)O)C(=O)CCN1CCCC1=O. The van der Waals surface area contributed by atoms with Crippen molar-refractivity contribution in [2.24, 2.45) is 5.92 Å². The van der Waals surface area contributed by atoms with Gasteiger partial charge in [0, 0.05) is 25.9 Å². The van der Waals surface area contributed by atoms with E-state index in [1.54, 1.807) is 11.8 Å². The van der Waals surface area contributed by atoms with Gasteiger partial charge in [0.15, 0.2) is 0 Å². The molecule has 90 valence electrons. The molecule has 0 aromatic heterocycles. The largest absolute Gasteiger partial charge is 0.481 e. The molecule has 0 aliphatic carbocycles. The predicted molar refractivity (Wildman–Crippen MR) is 56.9 cm³/mol. The minimum Gasteiger partial charge on any atom is -0.481 e. The molecule has 1 unspecified atom stereocenters. The summed E-state index contributed by atoms with van der Waals surface area (Å²) < 4.78 is 0. The van der Waals surface area contributed by atoms with Crippen molar-refractivity contribution in [3.05, 3.63) is 0 Å². The Bertz CT molecular complexity index is 300. The number of carbonyl (C=O) groups excluding carboxylic acids is 2. The lowest BCUT2D eigenvalue weighted by Gasteiger charge is -2.16. The second-order valence-electron chi connectivity index (χ2n) is 4.00. The highest BCUT2D eigenvalue weighted by Crippen LogP contribution is 2.12. The third-order valence-electron chi connectivity index (χ3n) is 2.89. The number of rotatable bonds is 6. The normalized spacial score (nSPS) is 17.6. The number of likely N-dealkylation sites (tertiary alicyclic amines) is 1. The molecule has 0 radical (unpaired) electrons. The van der Waals surface area contributed by atoms with Gasteiger partial charge in [-0.25, -0.2) is 0 Å². The summed E-state index contributed by atoms with van der Waals surface area (Å²) in [6, 6.07) is 0. The first-order valence-corrected chi connectivity index (χ1v) is 5.59. The third kappa shape index (κ3) is 3.05. The van der Waals surface area contributed by atoms with Crippen molar-refractivity contribution in [2.75, 3.05) is 13.1 Å². The molecule has 1 aliphatic heterocycles. The fourth-order valence-corrected chi connectivity index (χ4v) is 1.90. The number of hydrogen-bond donors (Lipinski definition) is 1. The van der Waals surface area contributed by atoms with Crippen LogP contribution < -0.4 is 0 Å². The van der Waals surface area contributed by atoms with E-state index < -0.39 is 11.9 Å². The topological polar surface area (TPSA) is 74.7 Å². The van der Waals surface area contributed by atoms with Gasteiger partial charge in [-0.1, -0.05) is 6.92 Å². The monoisotopic (exact) mass is 227 g/mol. The van der Waals surface area contributed by atoms with Crippen LogP contribution in [0, 0.1) is 5.92 Å². The van der Waals surface area contributed by atoms with E-state index in [0.717, 1.165) is 6.42 Å². The van der Waals surface area contributed by atoms with Crippen molar-refractivity contribution >= 4 is 17.7 Å². The Balaban J connectivity index is 2.39. The second kappa shape index (κ2) is 5.63. The third-order valence-corrected chi connectivity index (χ3v) is 2.89. The summed E-state index contributed by atoms with van der Waals surface area (Å²) in [6.45, 7) is 2.73. The Labute approximate surface area is 94.4 Å². The first kappa shape index (κ1) is 12.7. The van der Waals surface area contributed by atoms with Crippen LogP contribution in [0.25, 0.3) is 0 Å². The van der Waals surface area contributed by atoms with Gasteiger partial charge in [-0.15, -0.1) is 0 Å². The van der Waals surface area contributed by atoms with E-state index >= 15 is 0 Å². The number of aliphatic carboxylic acids is 1. The molecule has 1 rings (SSSR count). The number of Topliss-reactive ketones (excluding diaryl/α,β-unsaturated/α-hetero) is 1. The van der Waals surface area contributed by atoms with Crippen molar-refractivity contribution in [3.63, 3.8) is 0 Å². The molecule has 0 saturated carbocycles. The predicted octanol–water partition coefficient (Wildman–Crippen LogP) is 0.679. The van der Waals surface area contributed by atoms with Gasteiger partial charge in [-0.05, 0) is 12.8 Å². The number of hydrogen-bond acceptors (Lipinski definition) is 3. The minimum absolute atomic E-state index is 0.0659. The van der Waals surface area contributed by atoms with Gasteiger partial charge in [-0.2, -0.15) is 0 Å². The molecule has 0 bridgehead atoms. The summed E-state index contributed by atoms with van der Waals surface area (Å²) in [5.41, 5.74) is 0. The van der Waals surface area contributed by atoms with Crippen molar-refractivity contribution in [2.45, 2.75) is 32.6 Å². The standard InChI is InChI=1S/C11H17NO4/c1-2-8(11(15)16)9(13)5-7-12-6-3-4-10(12)14/h8H,2-7H2,1H3,(H,15,16). The molecule has 1 saturated heterocycles. The summed E-state index contributed by atoms with van der Waals surface area (Å²) in [6.07, 6.45) is 1.84. The maximum atomic E-state index is 11.6. The molecule has 0 spiro atoms. The summed E-state index contributed by atoms with van der Waals surface area (Å²) in [4.78, 5) is 35.2. The van der Waals surface area contributed by atoms with Gasteiger partial charge in [0.25, 0.3) is 0 Å². The van der Waals surface area contributed by atoms with Crippen LogP contribution in [-0.2, 0) is 14.4 Å². The van der Waals surface area contributed by atoms with Crippen molar-refractivity contribution < 1.29 is 19.5 Å². The van der Waals surface area contributed by atoms with Crippen LogP contribution >= 0.6 is 0 Å². The van der Waals surface area contributed by atoms with Gasteiger partial charge < -0.3 is 10.0 Å². The van der Waals surface area contributed by atoms with Gasteiger partial charge >= 0.3 is 5.97 Å². The average molecular weight is 227 g/mol. The van der Waals surface area contributed by atoms with E-state index in [9.17, 15) is 14.4 Å². The van der Waals surface area contributed by atoms with E-state index in [4.69, 9.17) is 5.11 Å². The van der Waals surface area contributed by atoms with E-state index in [2.05, 4.69) is 0 Å². The summed E-state index contributed by atoms with van der Waals surface area (Å²) >= 11 is 0. The van der Waals surface area contributed by atoms with Gasteiger partial charge in [-0.3, -0.25) is 14.4 Å². The first-order chi connectivity index (χ1) is 7.56. The number of carboxylic acid groups (broad SMARTS) is 1. The first-order valence-electron chi connectivity index (χ1n) is 5.59. The van der Waals surface area contributed by atoms with Crippen LogP contribution in [0.4, 0.5) is 0 Å².